The van der Waals surface area contributed by atoms with Crippen molar-refractivity contribution in [3.63, 3.8) is 0 Å². The Kier molecular flexibility index (Phi) is 6.37. The summed E-state index contributed by atoms with van der Waals surface area (Å²) in [5, 5.41) is 0. The van der Waals surface area contributed by atoms with Crippen LogP contribution in [0.1, 0.15) is 32.6 Å². The highest BCUT2D eigenvalue weighted by molar-refractivity contribution is 5.10. The third-order valence-electron chi connectivity index (χ3n) is 2.48. The van der Waals surface area contributed by atoms with Crippen LogP contribution < -0.4 is 0 Å². The number of epoxide rings is 1. The fourth-order valence-electron chi connectivity index (χ4n) is 1.53. The van der Waals surface area contributed by atoms with Gasteiger partial charge in [0.05, 0.1) is 12.2 Å². The minimum absolute atomic E-state index is 0.389. The molecule has 1 saturated heterocycles. The maximum Gasteiger partial charge on any atom is 0.0879 e. The molecule has 1 heterocycles. The van der Waals surface area contributed by atoms with Gasteiger partial charge in [0.15, 0.2) is 0 Å². The fourth-order valence-corrected chi connectivity index (χ4v) is 1.53. The maximum absolute atomic E-state index is 5.50. The van der Waals surface area contributed by atoms with Crippen molar-refractivity contribution in [1.29, 1.82) is 0 Å². The highest BCUT2D eigenvalue weighted by Gasteiger charge is 2.35. The van der Waals surface area contributed by atoms with Gasteiger partial charge in [-0.25, -0.2) is 0 Å². The van der Waals surface area contributed by atoms with E-state index < -0.39 is 0 Å². The van der Waals surface area contributed by atoms with Crippen LogP contribution in [0, 0.1) is 12.3 Å². The van der Waals surface area contributed by atoms with Gasteiger partial charge >= 0.3 is 0 Å². The van der Waals surface area contributed by atoms with E-state index in [2.05, 4.69) is 37.1 Å². The molecule has 0 aromatic heterocycles. The first-order valence-electron chi connectivity index (χ1n) is 5.95. The van der Waals surface area contributed by atoms with E-state index in [1.54, 1.807) is 6.08 Å². The van der Waals surface area contributed by atoms with Crippen LogP contribution in [-0.4, -0.2) is 12.2 Å². The summed E-state index contributed by atoms with van der Waals surface area (Å²) in [6.07, 6.45) is 22.5. The molecule has 2 atom stereocenters. The predicted octanol–water partition coefficient (Wildman–Crippen LogP) is 3.64. The summed E-state index contributed by atoms with van der Waals surface area (Å²) in [5.74, 6) is 2.48. The summed E-state index contributed by atoms with van der Waals surface area (Å²) in [6.45, 7) is 2.15. The Hall–Kier alpha value is -1.26. The molecule has 0 unspecified atom stereocenters. The van der Waals surface area contributed by atoms with E-state index in [0.717, 1.165) is 25.7 Å². The van der Waals surface area contributed by atoms with Crippen LogP contribution in [0.25, 0.3) is 0 Å². The molecule has 0 N–H and O–H groups in total. The molecule has 1 rings (SSSR count). The zero-order valence-electron chi connectivity index (χ0n) is 9.93. The lowest BCUT2D eigenvalue weighted by molar-refractivity contribution is 0.372. The second kappa shape index (κ2) is 7.96. The van der Waals surface area contributed by atoms with E-state index in [9.17, 15) is 0 Å². The first kappa shape index (κ1) is 12.8. The van der Waals surface area contributed by atoms with Crippen LogP contribution in [0.3, 0.4) is 0 Å². The molecule has 0 radical (unpaired) electrons. The molecule has 0 aromatic rings. The van der Waals surface area contributed by atoms with Crippen LogP contribution in [0.15, 0.2) is 36.5 Å². The van der Waals surface area contributed by atoms with Crippen LogP contribution in [0.5, 0.6) is 0 Å². The van der Waals surface area contributed by atoms with Crippen molar-refractivity contribution in [3.05, 3.63) is 36.5 Å². The van der Waals surface area contributed by atoms with Crippen molar-refractivity contribution in [1.82, 2.24) is 0 Å². The molecule has 1 nitrogen and oxygen atoms in total. The summed E-state index contributed by atoms with van der Waals surface area (Å²) in [4.78, 5) is 0. The Balaban J connectivity index is 2.02. The molecule has 86 valence electrons. The molecule has 0 aliphatic carbocycles. The van der Waals surface area contributed by atoms with Gasteiger partial charge in [0.25, 0.3) is 0 Å². The normalized spacial score (nSPS) is 24.5. The van der Waals surface area contributed by atoms with Crippen LogP contribution in [-0.2, 0) is 4.74 Å². The Morgan fingerprint density at radius 1 is 1.06 bits per heavy atom. The Bertz CT molecular complexity index is 304. The molecule has 0 amide bonds. The van der Waals surface area contributed by atoms with E-state index in [4.69, 9.17) is 11.2 Å². The van der Waals surface area contributed by atoms with Crippen molar-refractivity contribution in [3.8, 4) is 12.3 Å². The minimum Gasteiger partial charge on any atom is -0.369 e. The van der Waals surface area contributed by atoms with E-state index in [1.807, 2.05) is 6.08 Å². The molecule has 1 fully saturated rings. The van der Waals surface area contributed by atoms with Gasteiger partial charge in [0, 0.05) is 0 Å². The predicted molar refractivity (Wildman–Crippen MR) is 69.1 cm³/mol. The highest BCUT2D eigenvalue weighted by atomic mass is 16.6. The minimum atomic E-state index is 0.389. The SMILES string of the molecule is C#C/C=C/C[C@H]1O[C@H]1C/C=C\C/C=C\CC. The van der Waals surface area contributed by atoms with Crippen LogP contribution in [0.4, 0.5) is 0 Å². The number of allylic oxidation sites excluding steroid dienone is 4. The molecule has 16 heavy (non-hydrogen) atoms. The largest absolute Gasteiger partial charge is 0.369 e. The lowest BCUT2D eigenvalue weighted by Gasteiger charge is -1.86. The van der Waals surface area contributed by atoms with Gasteiger partial charge in [-0.05, 0) is 31.8 Å². The van der Waals surface area contributed by atoms with Gasteiger partial charge < -0.3 is 4.74 Å². The van der Waals surface area contributed by atoms with Crippen molar-refractivity contribution in [2.75, 3.05) is 0 Å². The summed E-state index contributed by atoms with van der Waals surface area (Å²) in [5.41, 5.74) is 0. The highest BCUT2D eigenvalue weighted by Crippen LogP contribution is 2.28. The number of terminal acetylenes is 1. The van der Waals surface area contributed by atoms with E-state index in [-0.39, 0.29) is 0 Å². The van der Waals surface area contributed by atoms with Gasteiger partial charge in [0.2, 0.25) is 0 Å². The Labute approximate surface area is 98.9 Å². The quantitative estimate of drug-likeness (QED) is 0.359. The molecule has 1 aliphatic rings. The van der Waals surface area contributed by atoms with Crippen LogP contribution >= 0.6 is 0 Å². The third kappa shape index (κ3) is 5.58. The number of hydrogen-bond donors (Lipinski definition) is 0. The van der Waals surface area contributed by atoms with Gasteiger partial charge in [0.1, 0.15) is 0 Å². The Morgan fingerprint density at radius 2 is 1.75 bits per heavy atom. The molecular weight excluding hydrogens is 196 g/mol. The van der Waals surface area contributed by atoms with Crippen molar-refractivity contribution < 1.29 is 4.74 Å². The molecular formula is C15H20O. The zero-order valence-corrected chi connectivity index (χ0v) is 9.93. The zero-order chi connectivity index (χ0) is 11.6. The lowest BCUT2D eigenvalue weighted by atomic mass is 10.1. The van der Waals surface area contributed by atoms with Gasteiger partial charge in [-0.2, -0.15) is 0 Å². The van der Waals surface area contributed by atoms with Crippen LogP contribution in [0.2, 0.25) is 0 Å². The number of ether oxygens (including phenoxy) is 1. The van der Waals surface area contributed by atoms with Gasteiger partial charge in [-0.1, -0.05) is 43.2 Å². The van der Waals surface area contributed by atoms with Crippen molar-refractivity contribution in [2.45, 2.75) is 44.8 Å². The van der Waals surface area contributed by atoms with Gasteiger partial charge in [-0.15, -0.1) is 6.42 Å². The second-order valence-corrected chi connectivity index (χ2v) is 3.84. The molecule has 0 spiro atoms. The maximum atomic E-state index is 5.50. The topological polar surface area (TPSA) is 12.5 Å². The number of rotatable bonds is 7. The molecule has 1 heteroatoms. The molecule has 0 aromatic carbocycles. The standard InChI is InChI=1S/C15H20O/c1-3-5-7-8-9-11-13-15-14(16-15)12-10-6-4-2/h2,5-7,9-11,14-15H,3,8,12-13H2,1H3/b7-5-,10-6+,11-9-/t14-,15+/m1/s1. The monoisotopic (exact) mass is 216 g/mol. The third-order valence-corrected chi connectivity index (χ3v) is 2.48. The molecule has 1 aliphatic heterocycles. The average molecular weight is 216 g/mol. The summed E-state index contributed by atoms with van der Waals surface area (Å²) >= 11 is 0. The molecule has 0 saturated carbocycles. The Morgan fingerprint density at radius 3 is 2.44 bits per heavy atom. The van der Waals surface area contributed by atoms with Crippen molar-refractivity contribution in [2.24, 2.45) is 0 Å². The fraction of sp³-hybridized carbons (Fsp3) is 0.467. The number of hydrogen-bond acceptors (Lipinski definition) is 1. The first-order chi connectivity index (χ1) is 7.88. The summed E-state index contributed by atoms with van der Waals surface area (Å²) in [7, 11) is 0. The first-order valence-corrected chi connectivity index (χ1v) is 5.95. The smallest absolute Gasteiger partial charge is 0.0879 e. The van der Waals surface area contributed by atoms with Crippen molar-refractivity contribution >= 4 is 0 Å². The molecule has 0 bridgehead atoms. The lowest BCUT2D eigenvalue weighted by Crippen LogP contribution is -1.89. The average Bonchev–Trinajstić information content (AvgIpc) is 3.03. The summed E-state index contributed by atoms with van der Waals surface area (Å²) < 4.78 is 5.50. The van der Waals surface area contributed by atoms with E-state index >= 15 is 0 Å². The second-order valence-electron chi connectivity index (χ2n) is 3.84. The van der Waals surface area contributed by atoms with E-state index in [1.165, 1.54) is 0 Å². The van der Waals surface area contributed by atoms with E-state index in [0.29, 0.717) is 12.2 Å². The van der Waals surface area contributed by atoms with Gasteiger partial charge in [-0.3, -0.25) is 0 Å². The summed E-state index contributed by atoms with van der Waals surface area (Å²) in [6, 6.07) is 0.